The summed E-state index contributed by atoms with van der Waals surface area (Å²) in [5.74, 6) is 4.20. The number of hydrogen-bond acceptors (Lipinski definition) is 7. The van der Waals surface area contributed by atoms with E-state index in [2.05, 4.69) is 11.8 Å². The Balaban J connectivity index is 1.71. The van der Waals surface area contributed by atoms with Crippen molar-refractivity contribution in [2.45, 2.75) is 12.7 Å². The summed E-state index contributed by atoms with van der Waals surface area (Å²) in [5, 5.41) is 0. The van der Waals surface area contributed by atoms with Gasteiger partial charge in [0, 0.05) is 6.42 Å². The highest BCUT2D eigenvalue weighted by Crippen LogP contribution is 2.04. The topological polar surface area (TPSA) is 82.1 Å². The van der Waals surface area contributed by atoms with Crippen molar-refractivity contribution in [3.05, 3.63) is 35.9 Å². The summed E-state index contributed by atoms with van der Waals surface area (Å²) in [7, 11) is 0.618. The first-order valence-corrected chi connectivity index (χ1v) is 7.80. The average Bonchev–Trinajstić information content (AvgIpc) is 2.56. The molecule has 7 nitrogen and oxygen atoms in total. The van der Waals surface area contributed by atoms with Crippen LogP contribution in [0.2, 0.25) is 6.32 Å². The van der Waals surface area contributed by atoms with E-state index in [4.69, 9.17) is 14.0 Å². The largest absolute Gasteiger partial charge is 0.611 e. The zero-order chi connectivity index (χ0) is 18.1. The summed E-state index contributed by atoms with van der Waals surface area (Å²) in [6.45, 7) is 0.193. The normalized spacial score (nSPS) is 15.2. The Labute approximate surface area is 146 Å². The van der Waals surface area contributed by atoms with Crippen molar-refractivity contribution in [1.29, 1.82) is 0 Å². The average molecular weight is 343 g/mol. The predicted octanol–water partition coefficient (Wildman–Crippen LogP) is 0.757. The zero-order valence-corrected chi connectivity index (χ0v) is 13.9. The molecule has 0 unspecified atom stereocenters. The molecule has 0 atom stereocenters. The van der Waals surface area contributed by atoms with Gasteiger partial charge in [0.05, 0.1) is 25.0 Å². The van der Waals surface area contributed by atoms with Crippen LogP contribution in [0.4, 0.5) is 0 Å². The molecule has 2 rings (SSSR count). The second kappa shape index (κ2) is 9.50. The van der Waals surface area contributed by atoms with Crippen molar-refractivity contribution in [2.24, 2.45) is 0 Å². The van der Waals surface area contributed by atoms with Crippen molar-refractivity contribution in [3.63, 3.8) is 0 Å². The Kier molecular flexibility index (Phi) is 7.05. The molecular formula is C17H18BNO6. The van der Waals surface area contributed by atoms with Gasteiger partial charge in [0.1, 0.15) is 6.61 Å². The van der Waals surface area contributed by atoms with Gasteiger partial charge in [0.25, 0.3) is 0 Å². The van der Waals surface area contributed by atoms with E-state index < -0.39 is 25.0 Å². The standard InChI is InChI=1S/C17H18BNO6/c1-19-12-15(20)24-18(25-16(21)13-19)10-6-3-7-11-23-17(22)14-8-4-2-5-9-14/h2,4-5,8-9H,7,10-13H2,1H3. The van der Waals surface area contributed by atoms with Gasteiger partial charge in [0.2, 0.25) is 0 Å². The van der Waals surface area contributed by atoms with Crippen LogP contribution in [0.25, 0.3) is 0 Å². The minimum atomic E-state index is -1.01. The van der Waals surface area contributed by atoms with E-state index >= 15 is 0 Å². The minimum absolute atomic E-state index is 0.0223. The molecule has 1 aromatic rings. The van der Waals surface area contributed by atoms with Crippen molar-refractivity contribution < 1.29 is 28.4 Å². The van der Waals surface area contributed by atoms with Crippen LogP contribution in [-0.4, -0.2) is 56.7 Å². The number of ether oxygens (including phenoxy) is 1. The monoisotopic (exact) mass is 343 g/mol. The van der Waals surface area contributed by atoms with Crippen LogP contribution in [-0.2, 0) is 23.6 Å². The maximum Gasteiger partial charge on any atom is 0.611 e. The van der Waals surface area contributed by atoms with Crippen LogP contribution in [0.5, 0.6) is 0 Å². The highest BCUT2D eigenvalue weighted by Gasteiger charge is 2.30. The molecule has 0 aliphatic carbocycles. The van der Waals surface area contributed by atoms with Crippen LogP contribution >= 0.6 is 0 Å². The molecule has 1 fully saturated rings. The Bertz CT molecular complexity index is 661. The smallest absolute Gasteiger partial charge is 0.498 e. The maximum atomic E-state index is 11.7. The Morgan fingerprint density at radius 3 is 2.44 bits per heavy atom. The number of benzene rings is 1. The van der Waals surface area contributed by atoms with Gasteiger partial charge in [-0.3, -0.25) is 14.5 Å². The molecule has 1 heterocycles. The van der Waals surface area contributed by atoms with Crippen LogP contribution < -0.4 is 0 Å². The second-order valence-corrected chi connectivity index (χ2v) is 5.39. The predicted molar refractivity (Wildman–Crippen MR) is 89.4 cm³/mol. The van der Waals surface area contributed by atoms with E-state index in [1.807, 2.05) is 6.07 Å². The van der Waals surface area contributed by atoms with E-state index in [1.54, 1.807) is 31.3 Å². The van der Waals surface area contributed by atoms with Crippen LogP contribution in [0, 0.1) is 11.8 Å². The molecule has 130 valence electrons. The van der Waals surface area contributed by atoms with E-state index in [9.17, 15) is 14.4 Å². The van der Waals surface area contributed by atoms with Gasteiger partial charge in [-0.1, -0.05) is 18.2 Å². The van der Waals surface area contributed by atoms with Gasteiger partial charge in [-0.15, -0.1) is 11.8 Å². The first kappa shape index (κ1) is 18.6. The van der Waals surface area contributed by atoms with Crippen molar-refractivity contribution >= 4 is 25.0 Å². The fraction of sp³-hybridized carbons (Fsp3) is 0.353. The van der Waals surface area contributed by atoms with Gasteiger partial charge < -0.3 is 14.0 Å². The van der Waals surface area contributed by atoms with Gasteiger partial charge in [-0.05, 0) is 19.2 Å². The molecule has 0 radical (unpaired) electrons. The Hall–Kier alpha value is -2.79. The Morgan fingerprint density at radius 1 is 1.16 bits per heavy atom. The summed E-state index contributed by atoms with van der Waals surface area (Å²) in [5.41, 5.74) is 0.480. The molecule has 1 aliphatic heterocycles. The number of hydrogen-bond donors (Lipinski definition) is 0. The van der Waals surface area contributed by atoms with E-state index in [-0.39, 0.29) is 26.0 Å². The molecule has 0 bridgehead atoms. The number of carbonyl (C=O) groups excluding carboxylic acids is 3. The third-order valence-corrected chi connectivity index (χ3v) is 3.19. The zero-order valence-electron chi connectivity index (χ0n) is 13.9. The van der Waals surface area contributed by atoms with Crippen LogP contribution in [0.3, 0.4) is 0 Å². The number of nitrogens with zero attached hydrogens (tertiary/aromatic N) is 1. The molecular weight excluding hydrogens is 325 g/mol. The van der Waals surface area contributed by atoms with Crippen molar-refractivity contribution in [1.82, 2.24) is 4.90 Å². The molecule has 0 spiro atoms. The lowest BCUT2D eigenvalue weighted by Gasteiger charge is -2.21. The molecule has 0 saturated carbocycles. The lowest BCUT2D eigenvalue weighted by molar-refractivity contribution is -0.145. The van der Waals surface area contributed by atoms with Gasteiger partial charge in [-0.2, -0.15) is 0 Å². The van der Waals surface area contributed by atoms with Gasteiger partial charge >= 0.3 is 25.0 Å². The molecule has 0 amide bonds. The minimum Gasteiger partial charge on any atom is -0.498 e. The molecule has 1 saturated heterocycles. The molecule has 1 aliphatic rings. The fourth-order valence-corrected chi connectivity index (χ4v) is 2.07. The van der Waals surface area contributed by atoms with Crippen LogP contribution in [0.15, 0.2) is 30.3 Å². The highest BCUT2D eigenvalue weighted by molar-refractivity contribution is 6.50. The summed E-state index contributed by atoms with van der Waals surface area (Å²) in [4.78, 5) is 36.3. The molecule has 0 aromatic heterocycles. The molecule has 8 heteroatoms. The lowest BCUT2D eigenvalue weighted by atomic mass is 9.84. The first-order valence-electron chi connectivity index (χ1n) is 7.80. The Morgan fingerprint density at radius 2 is 1.80 bits per heavy atom. The molecule has 0 N–H and O–H groups in total. The first-order chi connectivity index (χ1) is 12.0. The van der Waals surface area contributed by atoms with E-state index in [0.717, 1.165) is 0 Å². The number of likely N-dealkylation sites (N-methyl/N-ethyl adjacent to an activating group) is 1. The van der Waals surface area contributed by atoms with E-state index in [0.29, 0.717) is 12.0 Å². The summed E-state index contributed by atoms with van der Waals surface area (Å²) < 4.78 is 15.1. The van der Waals surface area contributed by atoms with Crippen LogP contribution in [0.1, 0.15) is 16.8 Å². The number of esters is 1. The summed E-state index contributed by atoms with van der Waals surface area (Å²) >= 11 is 0. The van der Waals surface area contributed by atoms with E-state index in [1.165, 1.54) is 4.90 Å². The van der Waals surface area contributed by atoms with Crippen molar-refractivity contribution in [3.8, 4) is 11.8 Å². The van der Waals surface area contributed by atoms with Crippen molar-refractivity contribution in [2.75, 3.05) is 26.7 Å². The number of carbonyl (C=O) groups is 3. The number of rotatable bonds is 4. The third kappa shape index (κ3) is 6.69. The highest BCUT2D eigenvalue weighted by atomic mass is 16.6. The maximum absolute atomic E-state index is 11.7. The summed E-state index contributed by atoms with van der Waals surface area (Å²) in [6.07, 6.45) is 0.406. The second-order valence-electron chi connectivity index (χ2n) is 5.39. The SMILES string of the molecule is CN1CC(=O)OB(CC#CCCOC(=O)c2ccccc2)OC(=O)C1. The molecule has 1 aromatic carbocycles. The molecule has 25 heavy (non-hydrogen) atoms. The fourth-order valence-electron chi connectivity index (χ4n) is 2.07. The quantitative estimate of drug-likeness (QED) is 0.345. The van der Waals surface area contributed by atoms with Gasteiger partial charge in [0.15, 0.2) is 0 Å². The lowest BCUT2D eigenvalue weighted by Crippen LogP contribution is -2.42. The summed E-state index contributed by atoms with van der Waals surface area (Å²) in [6, 6.07) is 8.67. The van der Waals surface area contributed by atoms with Gasteiger partial charge in [-0.25, -0.2) is 4.79 Å². The third-order valence-electron chi connectivity index (χ3n) is 3.19.